The number of carbonyl (C=O) groups excluding carboxylic acids is 1. The molecule has 1 heterocycles. The van der Waals surface area contributed by atoms with E-state index in [4.69, 9.17) is 9.47 Å². The van der Waals surface area contributed by atoms with E-state index in [1.165, 1.54) is 0 Å². The molecule has 1 saturated heterocycles. The summed E-state index contributed by atoms with van der Waals surface area (Å²) in [5.74, 6) is 0. The predicted octanol–water partition coefficient (Wildman–Crippen LogP) is 1.60. The number of amides is 1. The number of hydrogen-bond donors (Lipinski definition) is 0. The Bertz CT molecular complexity index is 203. The Labute approximate surface area is 78.8 Å². The van der Waals surface area contributed by atoms with Gasteiger partial charge in [-0.1, -0.05) is 0 Å². The monoisotopic (exact) mass is 187 g/mol. The van der Waals surface area contributed by atoms with Gasteiger partial charge in [0.1, 0.15) is 6.23 Å². The molecule has 76 valence electrons. The molecule has 1 aliphatic rings. The molecule has 0 saturated carbocycles. The van der Waals surface area contributed by atoms with Gasteiger partial charge in [-0.25, -0.2) is 4.79 Å². The number of carbonyl (C=O) groups is 1. The molecule has 13 heavy (non-hydrogen) atoms. The predicted molar refractivity (Wildman–Crippen MR) is 48.4 cm³/mol. The van der Waals surface area contributed by atoms with E-state index >= 15 is 0 Å². The highest BCUT2D eigenvalue weighted by Gasteiger charge is 2.42. The Balaban J connectivity index is 2.70. The zero-order chi connectivity index (χ0) is 10.1. The van der Waals surface area contributed by atoms with E-state index in [2.05, 4.69) is 0 Å². The van der Waals surface area contributed by atoms with Crippen molar-refractivity contribution >= 4 is 6.09 Å². The lowest BCUT2D eigenvalue weighted by molar-refractivity contribution is 0.0285. The van der Waals surface area contributed by atoms with E-state index in [0.29, 0.717) is 13.2 Å². The summed E-state index contributed by atoms with van der Waals surface area (Å²) in [6.45, 7) is 8.55. The smallest absolute Gasteiger partial charge is 0.412 e. The minimum absolute atomic E-state index is 0.186. The zero-order valence-corrected chi connectivity index (χ0v) is 8.66. The van der Waals surface area contributed by atoms with Gasteiger partial charge in [0.15, 0.2) is 0 Å². The van der Waals surface area contributed by atoms with Crippen LogP contribution >= 0.6 is 0 Å². The second-order valence-corrected chi connectivity index (χ2v) is 3.79. The van der Waals surface area contributed by atoms with Crippen LogP contribution in [0.1, 0.15) is 27.7 Å². The lowest BCUT2D eigenvalue weighted by atomic mass is 10.1. The molecule has 4 nitrogen and oxygen atoms in total. The molecule has 0 aromatic rings. The summed E-state index contributed by atoms with van der Waals surface area (Å²) in [7, 11) is 0. The van der Waals surface area contributed by atoms with Gasteiger partial charge >= 0.3 is 6.09 Å². The van der Waals surface area contributed by atoms with Crippen molar-refractivity contribution in [3.05, 3.63) is 0 Å². The molecule has 0 radical (unpaired) electrons. The molecule has 1 fully saturated rings. The minimum atomic E-state index is -0.294. The molecule has 1 atom stereocenters. The third-order valence-corrected chi connectivity index (χ3v) is 2.16. The van der Waals surface area contributed by atoms with Gasteiger partial charge in [-0.2, -0.15) is 0 Å². The van der Waals surface area contributed by atoms with E-state index in [1.54, 1.807) is 11.8 Å². The van der Waals surface area contributed by atoms with Gasteiger partial charge in [0.2, 0.25) is 0 Å². The maximum atomic E-state index is 11.5. The fraction of sp³-hybridized carbons (Fsp3) is 0.889. The molecule has 0 aromatic heterocycles. The molecular formula is C9H17NO3. The van der Waals surface area contributed by atoms with Crippen molar-refractivity contribution in [3.8, 4) is 0 Å². The lowest BCUT2D eigenvalue weighted by Crippen LogP contribution is -2.47. The molecule has 1 amide bonds. The molecule has 0 bridgehead atoms. The van der Waals surface area contributed by atoms with E-state index in [9.17, 15) is 4.79 Å². The Hall–Kier alpha value is -0.770. The number of hydrogen-bond acceptors (Lipinski definition) is 3. The van der Waals surface area contributed by atoms with E-state index in [1.807, 2.05) is 20.8 Å². The number of nitrogens with zero attached hydrogens (tertiary/aromatic N) is 1. The number of rotatable bonds is 1. The van der Waals surface area contributed by atoms with E-state index < -0.39 is 0 Å². The highest BCUT2D eigenvalue weighted by atomic mass is 16.6. The molecule has 1 unspecified atom stereocenters. The van der Waals surface area contributed by atoms with Crippen LogP contribution in [0.25, 0.3) is 0 Å². The van der Waals surface area contributed by atoms with Crippen molar-refractivity contribution in [1.29, 1.82) is 0 Å². The zero-order valence-electron chi connectivity index (χ0n) is 8.66. The Morgan fingerprint density at radius 2 is 2.31 bits per heavy atom. The van der Waals surface area contributed by atoms with Crippen LogP contribution in [0, 0.1) is 0 Å². The first-order valence-corrected chi connectivity index (χ1v) is 4.56. The summed E-state index contributed by atoms with van der Waals surface area (Å²) >= 11 is 0. The molecule has 4 heteroatoms. The molecule has 0 N–H and O–H groups in total. The second kappa shape index (κ2) is 3.54. The summed E-state index contributed by atoms with van der Waals surface area (Å²) in [6, 6.07) is 0. The SMILES string of the molecule is CCOC(=O)N1C(C)OCC1(C)C. The number of ether oxygens (including phenoxy) is 2. The Morgan fingerprint density at radius 3 is 2.69 bits per heavy atom. The van der Waals surface area contributed by atoms with Crippen molar-refractivity contribution in [2.45, 2.75) is 39.5 Å². The molecule has 0 aliphatic carbocycles. The van der Waals surface area contributed by atoms with Gasteiger partial charge in [0.25, 0.3) is 0 Å². The standard InChI is InChI=1S/C9H17NO3/c1-5-12-8(11)10-7(2)13-6-9(10,3)4/h7H,5-6H2,1-4H3. The summed E-state index contributed by atoms with van der Waals surface area (Å²) in [5.41, 5.74) is -0.258. The van der Waals surface area contributed by atoms with Crippen LogP contribution in [-0.2, 0) is 9.47 Å². The van der Waals surface area contributed by atoms with E-state index in [-0.39, 0.29) is 17.9 Å². The fourth-order valence-corrected chi connectivity index (χ4v) is 1.55. The highest BCUT2D eigenvalue weighted by molar-refractivity contribution is 5.69. The fourth-order valence-electron chi connectivity index (χ4n) is 1.55. The Morgan fingerprint density at radius 1 is 1.69 bits per heavy atom. The van der Waals surface area contributed by atoms with E-state index in [0.717, 1.165) is 0 Å². The van der Waals surface area contributed by atoms with Gasteiger partial charge < -0.3 is 9.47 Å². The van der Waals surface area contributed by atoms with Gasteiger partial charge in [-0.05, 0) is 27.7 Å². The van der Waals surface area contributed by atoms with Crippen molar-refractivity contribution < 1.29 is 14.3 Å². The van der Waals surface area contributed by atoms with Crippen molar-refractivity contribution in [1.82, 2.24) is 4.90 Å². The van der Waals surface area contributed by atoms with Crippen LogP contribution < -0.4 is 0 Å². The van der Waals surface area contributed by atoms with Crippen LogP contribution in [0.2, 0.25) is 0 Å². The third kappa shape index (κ3) is 1.94. The molecule has 1 aliphatic heterocycles. The Kier molecular flexibility index (Phi) is 2.81. The van der Waals surface area contributed by atoms with Gasteiger partial charge in [-0.3, -0.25) is 4.90 Å². The average molecular weight is 187 g/mol. The molecular weight excluding hydrogens is 170 g/mol. The normalized spacial score (nSPS) is 26.2. The topological polar surface area (TPSA) is 38.8 Å². The second-order valence-electron chi connectivity index (χ2n) is 3.79. The maximum absolute atomic E-state index is 11.5. The highest BCUT2D eigenvalue weighted by Crippen LogP contribution is 2.27. The van der Waals surface area contributed by atoms with Crippen LogP contribution in [-0.4, -0.2) is 36.0 Å². The first-order valence-electron chi connectivity index (χ1n) is 4.56. The average Bonchev–Trinajstić information content (AvgIpc) is 2.26. The van der Waals surface area contributed by atoms with Crippen molar-refractivity contribution in [2.24, 2.45) is 0 Å². The molecule has 0 spiro atoms. The van der Waals surface area contributed by atoms with Gasteiger partial charge in [0.05, 0.1) is 18.8 Å². The first-order chi connectivity index (χ1) is 5.99. The molecule has 0 aromatic carbocycles. The largest absolute Gasteiger partial charge is 0.450 e. The van der Waals surface area contributed by atoms with Crippen LogP contribution in [0.5, 0.6) is 0 Å². The molecule has 1 rings (SSSR count). The first kappa shape index (κ1) is 10.3. The van der Waals surface area contributed by atoms with Gasteiger partial charge in [0, 0.05) is 0 Å². The summed E-state index contributed by atoms with van der Waals surface area (Å²) < 4.78 is 10.3. The van der Waals surface area contributed by atoms with Gasteiger partial charge in [-0.15, -0.1) is 0 Å². The van der Waals surface area contributed by atoms with Crippen LogP contribution in [0.15, 0.2) is 0 Å². The van der Waals surface area contributed by atoms with Crippen LogP contribution in [0.4, 0.5) is 4.79 Å². The summed E-state index contributed by atoms with van der Waals surface area (Å²) in [4.78, 5) is 13.1. The summed E-state index contributed by atoms with van der Waals surface area (Å²) in [5, 5.41) is 0. The minimum Gasteiger partial charge on any atom is -0.450 e. The van der Waals surface area contributed by atoms with Crippen molar-refractivity contribution in [3.63, 3.8) is 0 Å². The third-order valence-electron chi connectivity index (χ3n) is 2.16. The summed E-state index contributed by atoms with van der Waals surface area (Å²) in [6.07, 6.45) is -0.480. The van der Waals surface area contributed by atoms with Crippen LogP contribution in [0.3, 0.4) is 0 Å². The van der Waals surface area contributed by atoms with Crippen molar-refractivity contribution in [2.75, 3.05) is 13.2 Å². The lowest BCUT2D eigenvalue weighted by Gasteiger charge is -2.30. The quantitative estimate of drug-likeness (QED) is 0.626. The maximum Gasteiger partial charge on any atom is 0.412 e.